The summed E-state index contributed by atoms with van der Waals surface area (Å²) in [7, 11) is 0. The van der Waals surface area contributed by atoms with Gasteiger partial charge in [-0.1, -0.05) is 40.2 Å². The quantitative estimate of drug-likeness (QED) is 0.611. The molecule has 0 radical (unpaired) electrons. The molecule has 0 N–H and O–H groups in total. The summed E-state index contributed by atoms with van der Waals surface area (Å²) in [6.45, 7) is 4.29. The highest BCUT2D eigenvalue weighted by Crippen LogP contribution is 2.41. The molecule has 16 heavy (non-hydrogen) atoms. The lowest BCUT2D eigenvalue weighted by atomic mass is 10.1. The summed E-state index contributed by atoms with van der Waals surface area (Å²) in [4.78, 5) is 2.95. The highest BCUT2D eigenvalue weighted by atomic mass is 79.9. The van der Waals surface area contributed by atoms with E-state index in [0.29, 0.717) is 0 Å². The monoisotopic (exact) mass is 358 g/mol. The van der Waals surface area contributed by atoms with E-state index in [9.17, 15) is 0 Å². The number of hydrogen-bond donors (Lipinski definition) is 0. The van der Waals surface area contributed by atoms with Crippen molar-refractivity contribution < 1.29 is 0 Å². The van der Waals surface area contributed by atoms with Gasteiger partial charge < -0.3 is 0 Å². The van der Waals surface area contributed by atoms with E-state index in [4.69, 9.17) is 0 Å². The number of alkyl halides is 1. The first kappa shape index (κ1) is 12.3. The number of thiophene rings is 1. The van der Waals surface area contributed by atoms with Gasteiger partial charge in [0.25, 0.3) is 0 Å². The highest BCUT2D eigenvalue weighted by molar-refractivity contribution is 9.11. The van der Waals surface area contributed by atoms with Gasteiger partial charge in [0, 0.05) is 14.2 Å². The van der Waals surface area contributed by atoms with E-state index >= 15 is 0 Å². The summed E-state index contributed by atoms with van der Waals surface area (Å²) < 4.78 is 1.19. The van der Waals surface area contributed by atoms with E-state index < -0.39 is 0 Å². The highest BCUT2D eigenvalue weighted by Gasteiger charge is 2.17. The van der Waals surface area contributed by atoms with Crippen molar-refractivity contribution in [2.75, 3.05) is 0 Å². The minimum atomic E-state index is 0.279. The molecule has 0 spiro atoms. The first-order valence-electron chi connectivity index (χ1n) is 5.05. The average molecular weight is 360 g/mol. The third-order valence-corrected chi connectivity index (χ3v) is 5.82. The Balaban J connectivity index is 2.43. The lowest BCUT2D eigenvalue weighted by Crippen LogP contribution is -1.93. The first-order chi connectivity index (χ1) is 7.59. The van der Waals surface area contributed by atoms with Crippen molar-refractivity contribution in [2.24, 2.45) is 0 Å². The van der Waals surface area contributed by atoms with Gasteiger partial charge in [0.15, 0.2) is 0 Å². The molecule has 1 heterocycles. The Labute approximate surface area is 117 Å². The van der Waals surface area contributed by atoms with Crippen LogP contribution in [0.3, 0.4) is 0 Å². The van der Waals surface area contributed by atoms with Crippen LogP contribution in [0.1, 0.15) is 25.7 Å². The van der Waals surface area contributed by atoms with Crippen molar-refractivity contribution in [3.63, 3.8) is 0 Å². The van der Waals surface area contributed by atoms with E-state index in [1.165, 1.54) is 25.4 Å². The fourth-order valence-corrected chi connectivity index (χ4v) is 4.91. The maximum atomic E-state index is 3.79. The second-order valence-electron chi connectivity index (χ2n) is 3.79. The SMILES string of the molecule is Cc1cc(Br)c(C(Br)c2ccccc2C)s1. The Kier molecular flexibility index (Phi) is 3.88. The minimum absolute atomic E-state index is 0.279. The van der Waals surface area contributed by atoms with Crippen LogP contribution in [0.25, 0.3) is 0 Å². The maximum Gasteiger partial charge on any atom is 0.0752 e. The van der Waals surface area contributed by atoms with Gasteiger partial charge in [-0.2, -0.15) is 0 Å². The number of benzene rings is 1. The van der Waals surface area contributed by atoms with Gasteiger partial charge in [0.1, 0.15) is 0 Å². The molecule has 2 rings (SSSR count). The van der Waals surface area contributed by atoms with Crippen LogP contribution >= 0.6 is 43.2 Å². The second-order valence-corrected chi connectivity index (χ2v) is 6.85. The zero-order chi connectivity index (χ0) is 11.7. The Morgan fingerprint density at radius 1 is 1.19 bits per heavy atom. The number of rotatable bonds is 2. The molecule has 0 saturated carbocycles. The minimum Gasteiger partial charge on any atom is -0.143 e. The molecule has 0 amide bonds. The number of hydrogen-bond acceptors (Lipinski definition) is 1. The standard InChI is InChI=1S/C13H12Br2S/c1-8-5-3-4-6-10(8)12(15)13-11(14)7-9(2)16-13/h3-7,12H,1-2H3. The lowest BCUT2D eigenvalue weighted by Gasteiger charge is -2.12. The molecule has 0 nitrogen and oxygen atoms in total. The van der Waals surface area contributed by atoms with Crippen molar-refractivity contribution in [1.82, 2.24) is 0 Å². The topological polar surface area (TPSA) is 0 Å². The van der Waals surface area contributed by atoms with E-state index in [1.807, 2.05) is 11.3 Å². The van der Waals surface area contributed by atoms with Crippen LogP contribution in [-0.4, -0.2) is 0 Å². The molecule has 1 atom stereocenters. The Hall–Kier alpha value is -0.120. The molecule has 0 saturated heterocycles. The summed E-state index contributed by atoms with van der Waals surface area (Å²) in [5.41, 5.74) is 2.66. The van der Waals surface area contributed by atoms with Gasteiger partial charge in [0.05, 0.1) is 4.83 Å². The number of aryl methyl sites for hydroxylation is 2. The molecule has 1 aromatic heterocycles. The fraction of sp³-hybridized carbons (Fsp3) is 0.231. The smallest absolute Gasteiger partial charge is 0.0752 e. The van der Waals surface area contributed by atoms with Crippen molar-refractivity contribution in [1.29, 1.82) is 0 Å². The summed E-state index contributed by atoms with van der Waals surface area (Å²) >= 11 is 9.24. The van der Waals surface area contributed by atoms with Crippen LogP contribution in [0.15, 0.2) is 34.8 Å². The van der Waals surface area contributed by atoms with Gasteiger partial charge in [-0.15, -0.1) is 11.3 Å². The molecule has 0 aliphatic carbocycles. The van der Waals surface area contributed by atoms with Crippen LogP contribution < -0.4 is 0 Å². The van der Waals surface area contributed by atoms with Gasteiger partial charge in [-0.3, -0.25) is 0 Å². The lowest BCUT2D eigenvalue weighted by molar-refractivity contribution is 1.17. The molecule has 0 aliphatic rings. The summed E-state index contributed by atoms with van der Waals surface area (Å²) in [5, 5.41) is 0. The van der Waals surface area contributed by atoms with Crippen LogP contribution in [-0.2, 0) is 0 Å². The largest absolute Gasteiger partial charge is 0.143 e. The van der Waals surface area contributed by atoms with Gasteiger partial charge >= 0.3 is 0 Å². The van der Waals surface area contributed by atoms with Crippen LogP contribution in [0, 0.1) is 13.8 Å². The molecule has 0 bridgehead atoms. The van der Waals surface area contributed by atoms with E-state index in [2.05, 4.69) is 76.0 Å². The molecule has 0 fully saturated rings. The van der Waals surface area contributed by atoms with E-state index in [-0.39, 0.29) is 4.83 Å². The Morgan fingerprint density at radius 3 is 2.44 bits per heavy atom. The van der Waals surface area contributed by atoms with Gasteiger partial charge in [0.2, 0.25) is 0 Å². The Bertz CT molecular complexity index is 502. The molecular formula is C13H12Br2S. The average Bonchev–Trinajstić information content (AvgIpc) is 2.58. The van der Waals surface area contributed by atoms with Crippen molar-refractivity contribution in [3.8, 4) is 0 Å². The third-order valence-electron chi connectivity index (χ3n) is 2.53. The molecule has 0 aliphatic heterocycles. The van der Waals surface area contributed by atoms with Crippen molar-refractivity contribution in [2.45, 2.75) is 18.7 Å². The molecule has 3 heteroatoms. The first-order valence-corrected chi connectivity index (χ1v) is 7.57. The zero-order valence-electron chi connectivity index (χ0n) is 9.13. The van der Waals surface area contributed by atoms with E-state index in [0.717, 1.165) is 0 Å². The van der Waals surface area contributed by atoms with Crippen LogP contribution in [0.4, 0.5) is 0 Å². The summed E-state index contributed by atoms with van der Waals surface area (Å²) in [6.07, 6.45) is 0. The molecule has 1 unspecified atom stereocenters. The molecular weight excluding hydrogens is 348 g/mol. The molecule has 1 aromatic carbocycles. The van der Waals surface area contributed by atoms with Gasteiger partial charge in [-0.05, 0) is 47.0 Å². The predicted molar refractivity (Wildman–Crippen MR) is 78.7 cm³/mol. The van der Waals surface area contributed by atoms with Crippen LogP contribution in [0.5, 0.6) is 0 Å². The van der Waals surface area contributed by atoms with Crippen molar-refractivity contribution in [3.05, 3.63) is 55.7 Å². The van der Waals surface area contributed by atoms with Gasteiger partial charge in [-0.25, -0.2) is 0 Å². The molecule has 84 valence electrons. The number of halogens is 2. The third kappa shape index (κ3) is 2.41. The zero-order valence-corrected chi connectivity index (χ0v) is 13.1. The maximum absolute atomic E-state index is 3.79. The predicted octanol–water partition coefficient (Wildman–Crippen LogP) is 5.61. The molecule has 2 aromatic rings. The van der Waals surface area contributed by atoms with Crippen molar-refractivity contribution >= 4 is 43.2 Å². The van der Waals surface area contributed by atoms with Crippen LogP contribution in [0.2, 0.25) is 0 Å². The normalized spacial score (nSPS) is 12.8. The second kappa shape index (κ2) is 5.03. The Morgan fingerprint density at radius 2 is 1.88 bits per heavy atom. The summed E-state index contributed by atoms with van der Waals surface area (Å²) in [6, 6.07) is 10.7. The summed E-state index contributed by atoms with van der Waals surface area (Å²) in [5.74, 6) is 0. The fourth-order valence-electron chi connectivity index (χ4n) is 1.69. The van der Waals surface area contributed by atoms with E-state index in [1.54, 1.807) is 0 Å².